The molecule has 0 spiro atoms. The van der Waals surface area contributed by atoms with Crippen molar-refractivity contribution in [1.82, 2.24) is 10.2 Å². The lowest BCUT2D eigenvalue weighted by molar-refractivity contribution is -0.141. The number of nitrogens with zero attached hydrogens (tertiary/aromatic N) is 1. The number of ether oxygens (including phenoxy) is 1. The molecule has 1 saturated heterocycles. The molecule has 0 saturated carbocycles. The van der Waals surface area contributed by atoms with Crippen molar-refractivity contribution < 1.29 is 24.2 Å². The fourth-order valence-electron chi connectivity index (χ4n) is 3.75. The average molecular weight is 523 g/mol. The fraction of sp³-hybridized carbons (Fsp3) is 0.679. The van der Waals surface area contributed by atoms with Crippen LogP contribution in [0.15, 0.2) is 34.9 Å². The monoisotopic (exact) mass is 522 g/mol. The maximum Gasteiger partial charge on any atom is 0.410 e. The largest absolute Gasteiger partial charge is 0.480 e. The second-order valence-electron chi connectivity index (χ2n) is 10.7. The van der Waals surface area contributed by atoms with Gasteiger partial charge in [-0.2, -0.15) is 11.8 Å². The number of carboxylic acids is 1. The standard InChI is InChI=1S/C28H46N2O5S/c1-20(2)11-8-12-21(3)13-9-14-22(4)16-18-36-19-23(26(32)33)29-25(31)24-15-10-17-30(24)27(34)35-28(5,6)7/h11,13,16,23-24H,8-10,12,14-15,17-19H2,1-7H3,(H,29,31)(H,32,33)/t23-,24-/m0/s1. The van der Waals surface area contributed by atoms with E-state index in [0.29, 0.717) is 25.1 Å². The first-order valence-corrected chi connectivity index (χ1v) is 14.0. The Labute approximate surface area is 221 Å². The fourth-order valence-corrected chi connectivity index (χ4v) is 4.75. The second-order valence-corrected chi connectivity index (χ2v) is 11.8. The molecule has 2 amide bonds. The molecule has 204 valence electrons. The molecule has 1 rings (SSSR count). The Morgan fingerprint density at radius 1 is 1.06 bits per heavy atom. The van der Waals surface area contributed by atoms with Gasteiger partial charge in [0.1, 0.15) is 17.7 Å². The number of aliphatic carboxylic acids is 1. The summed E-state index contributed by atoms with van der Waals surface area (Å²) in [6, 6.07) is -1.71. The molecule has 2 atom stereocenters. The third-order valence-electron chi connectivity index (χ3n) is 5.75. The quantitative estimate of drug-likeness (QED) is 0.224. The van der Waals surface area contributed by atoms with Crippen LogP contribution in [0, 0.1) is 0 Å². The van der Waals surface area contributed by atoms with Crippen LogP contribution in [-0.2, 0) is 14.3 Å². The van der Waals surface area contributed by atoms with Gasteiger partial charge in [-0.15, -0.1) is 0 Å². The number of carboxylic acid groups (broad SMARTS) is 1. The van der Waals surface area contributed by atoms with E-state index >= 15 is 0 Å². The summed E-state index contributed by atoms with van der Waals surface area (Å²) in [7, 11) is 0. The highest BCUT2D eigenvalue weighted by atomic mass is 32.2. The molecule has 0 aliphatic carbocycles. The highest BCUT2D eigenvalue weighted by Gasteiger charge is 2.37. The van der Waals surface area contributed by atoms with Gasteiger partial charge in [0.05, 0.1) is 0 Å². The summed E-state index contributed by atoms with van der Waals surface area (Å²) in [5, 5.41) is 12.2. The topological polar surface area (TPSA) is 95.9 Å². The van der Waals surface area contributed by atoms with Crippen molar-refractivity contribution in [2.75, 3.05) is 18.1 Å². The van der Waals surface area contributed by atoms with Crippen LogP contribution in [0.2, 0.25) is 0 Å². The van der Waals surface area contributed by atoms with Crippen LogP contribution in [0.5, 0.6) is 0 Å². The molecule has 0 unspecified atom stereocenters. The Morgan fingerprint density at radius 3 is 2.25 bits per heavy atom. The minimum Gasteiger partial charge on any atom is -0.480 e. The zero-order valence-electron chi connectivity index (χ0n) is 23.2. The van der Waals surface area contributed by atoms with Gasteiger partial charge in [-0.25, -0.2) is 9.59 Å². The second kappa shape index (κ2) is 15.8. The molecular formula is C28H46N2O5S. The number of carbonyl (C=O) groups is 3. The van der Waals surface area contributed by atoms with Gasteiger partial charge >= 0.3 is 12.1 Å². The molecule has 36 heavy (non-hydrogen) atoms. The van der Waals surface area contributed by atoms with Crippen LogP contribution in [0.1, 0.15) is 87.0 Å². The molecule has 2 N–H and O–H groups in total. The molecule has 7 nitrogen and oxygen atoms in total. The Bertz CT molecular complexity index is 837. The van der Waals surface area contributed by atoms with Crippen molar-refractivity contribution in [2.24, 2.45) is 0 Å². The number of allylic oxidation sites excluding steroid dienone is 5. The summed E-state index contributed by atoms with van der Waals surface area (Å²) in [5.74, 6) is -0.577. The number of hydrogen-bond acceptors (Lipinski definition) is 5. The molecule has 1 aliphatic rings. The van der Waals surface area contributed by atoms with E-state index in [9.17, 15) is 19.5 Å². The lowest BCUT2D eigenvalue weighted by atomic mass is 10.1. The number of nitrogens with one attached hydrogen (secondary N) is 1. The van der Waals surface area contributed by atoms with Crippen molar-refractivity contribution in [1.29, 1.82) is 0 Å². The molecule has 1 fully saturated rings. The van der Waals surface area contributed by atoms with E-state index in [1.54, 1.807) is 20.8 Å². The van der Waals surface area contributed by atoms with Crippen molar-refractivity contribution >= 4 is 29.7 Å². The van der Waals surface area contributed by atoms with Gasteiger partial charge in [0.2, 0.25) is 5.91 Å². The smallest absolute Gasteiger partial charge is 0.410 e. The summed E-state index contributed by atoms with van der Waals surface area (Å²) in [6.45, 7) is 14.2. The molecule has 8 heteroatoms. The normalized spacial score (nSPS) is 17.5. The first kappa shape index (κ1) is 31.8. The lowest BCUT2D eigenvalue weighted by Crippen LogP contribution is -2.52. The van der Waals surface area contributed by atoms with E-state index in [1.807, 2.05) is 0 Å². The number of amides is 2. The predicted octanol–water partition coefficient (Wildman–Crippen LogP) is 6.11. The third-order valence-corrected chi connectivity index (χ3v) is 6.73. The minimum atomic E-state index is -1.08. The lowest BCUT2D eigenvalue weighted by Gasteiger charge is -2.28. The zero-order chi connectivity index (χ0) is 27.3. The van der Waals surface area contributed by atoms with Crippen molar-refractivity contribution in [3.63, 3.8) is 0 Å². The average Bonchev–Trinajstić information content (AvgIpc) is 3.24. The van der Waals surface area contributed by atoms with Crippen LogP contribution >= 0.6 is 11.8 Å². The summed E-state index contributed by atoms with van der Waals surface area (Å²) >= 11 is 1.47. The molecule has 0 aromatic rings. The van der Waals surface area contributed by atoms with E-state index in [-0.39, 0.29) is 5.75 Å². The van der Waals surface area contributed by atoms with Gasteiger partial charge in [-0.05, 0) is 87.0 Å². The van der Waals surface area contributed by atoms with Crippen molar-refractivity contribution in [3.05, 3.63) is 34.9 Å². The Balaban J connectivity index is 2.49. The highest BCUT2D eigenvalue weighted by Crippen LogP contribution is 2.21. The van der Waals surface area contributed by atoms with Gasteiger partial charge in [0, 0.05) is 18.1 Å². The summed E-state index contributed by atoms with van der Waals surface area (Å²) in [6.07, 6.45) is 11.4. The van der Waals surface area contributed by atoms with Crippen LogP contribution in [0.3, 0.4) is 0 Å². The molecule has 1 heterocycles. The Morgan fingerprint density at radius 2 is 1.67 bits per heavy atom. The van der Waals surface area contributed by atoms with E-state index < -0.39 is 35.7 Å². The number of hydrogen-bond donors (Lipinski definition) is 2. The number of rotatable bonds is 13. The van der Waals surface area contributed by atoms with Gasteiger partial charge in [-0.3, -0.25) is 9.69 Å². The first-order valence-electron chi connectivity index (χ1n) is 12.9. The maximum atomic E-state index is 12.8. The zero-order valence-corrected chi connectivity index (χ0v) is 24.0. The van der Waals surface area contributed by atoms with E-state index in [1.165, 1.54) is 33.4 Å². The highest BCUT2D eigenvalue weighted by molar-refractivity contribution is 7.99. The molecular weight excluding hydrogens is 476 g/mol. The van der Waals surface area contributed by atoms with E-state index in [0.717, 1.165) is 25.7 Å². The summed E-state index contributed by atoms with van der Waals surface area (Å²) in [4.78, 5) is 38.4. The van der Waals surface area contributed by atoms with Crippen LogP contribution in [-0.4, -0.2) is 63.7 Å². The summed E-state index contributed by atoms with van der Waals surface area (Å²) in [5.41, 5.74) is 3.37. The van der Waals surface area contributed by atoms with E-state index in [4.69, 9.17) is 4.74 Å². The SMILES string of the molecule is CC(C)=CCCC(C)=CCCC(C)=CCSC[C@H](NC(=O)[C@@H]1CCCN1C(=O)OC(C)(C)C)C(=O)O. The van der Waals surface area contributed by atoms with E-state index in [2.05, 4.69) is 51.2 Å². The van der Waals surface area contributed by atoms with Crippen molar-refractivity contribution in [3.8, 4) is 0 Å². The Kier molecular flexibility index (Phi) is 14.0. The predicted molar refractivity (Wildman–Crippen MR) is 148 cm³/mol. The molecule has 0 bridgehead atoms. The summed E-state index contributed by atoms with van der Waals surface area (Å²) < 4.78 is 5.40. The number of carbonyl (C=O) groups excluding carboxylic acids is 2. The van der Waals surface area contributed by atoms with Crippen LogP contribution in [0.4, 0.5) is 4.79 Å². The molecule has 1 aliphatic heterocycles. The molecule has 0 aromatic carbocycles. The Hall–Kier alpha value is -2.22. The molecule has 0 radical (unpaired) electrons. The van der Waals surface area contributed by atoms with Gasteiger partial charge in [-0.1, -0.05) is 34.9 Å². The maximum absolute atomic E-state index is 12.8. The molecule has 0 aromatic heterocycles. The minimum absolute atomic E-state index is 0.257. The van der Waals surface area contributed by atoms with Crippen LogP contribution < -0.4 is 5.32 Å². The van der Waals surface area contributed by atoms with Gasteiger partial charge < -0.3 is 15.2 Å². The first-order chi connectivity index (χ1) is 16.8. The third kappa shape index (κ3) is 13.2. The number of thioether (sulfide) groups is 1. The van der Waals surface area contributed by atoms with Crippen molar-refractivity contribution in [2.45, 2.75) is 105 Å². The van der Waals surface area contributed by atoms with Gasteiger partial charge in [0.15, 0.2) is 0 Å². The van der Waals surface area contributed by atoms with Crippen LogP contribution in [0.25, 0.3) is 0 Å². The number of likely N-dealkylation sites (tertiary alicyclic amines) is 1. The van der Waals surface area contributed by atoms with Gasteiger partial charge in [0.25, 0.3) is 0 Å².